The van der Waals surface area contributed by atoms with Crippen molar-refractivity contribution < 1.29 is 9.90 Å². The van der Waals surface area contributed by atoms with Crippen molar-refractivity contribution in [3.63, 3.8) is 0 Å². The number of aromatic nitrogens is 1. The summed E-state index contributed by atoms with van der Waals surface area (Å²) in [6, 6.07) is 17.5. The molecular weight excluding hydrogens is 322 g/mol. The summed E-state index contributed by atoms with van der Waals surface area (Å²) in [5.41, 5.74) is 5.06. The first kappa shape index (κ1) is 18.4. The number of carbonyl (C=O) groups is 1. The van der Waals surface area contributed by atoms with Gasteiger partial charge in [0.2, 0.25) is 0 Å². The Kier molecular flexibility index (Phi) is 6.62. The Bertz CT molecular complexity index is 850. The molecule has 0 fully saturated rings. The number of aromatic amines is 1. The van der Waals surface area contributed by atoms with Crippen molar-refractivity contribution in [2.75, 3.05) is 6.61 Å². The molecule has 0 saturated heterocycles. The van der Waals surface area contributed by atoms with Gasteiger partial charge >= 0.3 is 0 Å². The van der Waals surface area contributed by atoms with Crippen LogP contribution in [0.15, 0.2) is 54.7 Å². The number of aliphatic hydroxyl groups is 1. The van der Waals surface area contributed by atoms with Gasteiger partial charge in [-0.05, 0) is 53.5 Å². The number of hydrogen-bond donors (Lipinski definition) is 2. The predicted octanol–water partition coefficient (Wildman–Crippen LogP) is 5.28. The van der Waals surface area contributed by atoms with E-state index in [-0.39, 0.29) is 12.4 Å². The zero-order chi connectivity index (χ0) is 18.2. The maximum Gasteiger partial charge on any atom is 0.158 e. The number of benzene rings is 2. The van der Waals surface area contributed by atoms with Crippen molar-refractivity contribution in [3.8, 4) is 11.1 Å². The summed E-state index contributed by atoms with van der Waals surface area (Å²) in [7, 11) is 0. The molecule has 0 aliphatic carbocycles. The SMILES string of the molecule is O=C(CO)CCCCCCCc1cccc(-c2ccc3cc[nH]c3c2)c1. The molecule has 3 heteroatoms. The molecule has 2 aromatic carbocycles. The number of nitrogens with one attached hydrogen (secondary N) is 1. The highest BCUT2D eigenvalue weighted by Crippen LogP contribution is 2.25. The number of H-pyrrole nitrogens is 1. The summed E-state index contributed by atoms with van der Waals surface area (Å²) in [6.07, 6.45) is 9.07. The molecule has 0 amide bonds. The van der Waals surface area contributed by atoms with E-state index in [0.717, 1.165) is 25.7 Å². The van der Waals surface area contributed by atoms with Crippen LogP contribution in [0.5, 0.6) is 0 Å². The summed E-state index contributed by atoms with van der Waals surface area (Å²) < 4.78 is 0. The fourth-order valence-corrected chi connectivity index (χ4v) is 3.39. The van der Waals surface area contributed by atoms with Gasteiger partial charge in [-0.15, -0.1) is 0 Å². The van der Waals surface area contributed by atoms with Crippen molar-refractivity contribution in [1.29, 1.82) is 0 Å². The zero-order valence-corrected chi connectivity index (χ0v) is 15.2. The van der Waals surface area contributed by atoms with Gasteiger partial charge in [0.15, 0.2) is 5.78 Å². The van der Waals surface area contributed by atoms with Gasteiger partial charge in [0.05, 0.1) is 0 Å². The van der Waals surface area contributed by atoms with Gasteiger partial charge in [-0.25, -0.2) is 0 Å². The molecule has 0 aliphatic heterocycles. The minimum atomic E-state index is -0.312. The number of unbranched alkanes of at least 4 members (excludes halogenated alkanes) is 4. The molecule has 0 unspecified atom stereocenters. The second-order valence-corrected chi connectivity index (χ2v) is 6.94. The number of fused-ring (bicyclic) bond motifs is 1. The predicted molar refractivity (Wildman–Crippen MR) is 107 cm³/mol. The molecule has 3 nitrogen and oxygen atoms in total. The topological polar surface area (TPSA) is 53.1 Å². The maximum atomic E-state index is 11.0. The molecule has 0 bridgehead atoms. The Balaban J connectivity index is 1.47. The van der Waals surface area contributed by atoms with Gasteiger partial charge in [-0.3, -0.25) is 4.79 Å². The Morgan fingerprint density at radius 1 is 0.885 bits per heavy atom. The van der Waals surface area contributed by atoms with Gasteiger partial charge in [0.1, 0.15) is 6.61 Å². The average molecular weight is 349 g/mol. The molecule has 3 aromatic rings. The number of carbonyl (C=O) groups excluding carboxylic acids is 1. The van der Waals surface area contributed by atoms with Gasteiger partial charge in [-0.2, -0.15) is 0 Å². The van der Waals surface area contributed by atoms with Gasteiger partial charge in [0.25, 0.3) is 0 Å². The molecule has 1 heterocycles. The van der Waals surface area contributed by atoms with E-state index < -0.39 is 0 Å². The van der Waals surface area contributed by atoms with E-state index in [1.807, 2.05) is 6.20 Å². The molecule has 3 rings (SSSR count). The number of aryl methyl sites for hydroxylation is 1. The number of aliphatic hydroxyl groups excluding tert-OH is 1. The molecule has 2 N–H and O–H groups in total. The molecular formula is C23H27NO2. The molecule has 0 saturated carbocycles. The third-order valence-corrected chi connectivity index (χ3v) is 4.91. The van der Waals surface area contributed by atoms with Gasteiger partial charge in [-0.1, -0.05) is 55.7 Å². The van der Waals surface area contributed by atoms with Crippen molar-refractivity contribution in [2.45, 2.75) is 44.9 Å². The Labute approximate surface area is 155 Å². The third kappa shape index (κ3) is 5.06. The second kappa shape index (κ2) is 9.35. The Hall–Kier alpha value is -2.39. The minimum absolute atomic E-state index is 0.0423. The van der Waals surface area contributed by atoms with Crippen LogP contribution in [-0.2, 0) is 11.2 Å². The third-order valence-electron chi connectivity index (χ3n) is 4.91. The first-order valence-corrected chi connectivity index (χ1v) is 9.55. The molecule has 136 valence electrons. The van der Waals surface area contributed by atoms with E-state index in [9.17, 15) is 4.79 Å². The van der Waals surface area contributed by atoms with Crippen LogP contribution >= 0.6 is 0 Å². The highest BCUT2D eigenvalue weighted by atomic mass is 16.3. The molecule has 0 radical (unpaired) electrons. The van der Waals surface area contributed by atoms with Crippen LogP contribution in [0.25, 0.3) is 22.0 Å². The lowest BCUT2D eigenvalue weighted by Crippen LogP contribution is -2.02. The smallest absolute Gasteiger partial charge is 0.158 e. The maximum absolute atomic E-state index is 11.0. The van der Waals surface area contributed by atoms with Gasteiger partial charge < -0.3 is 10.1 Å². The van der Waals surface area contributed by atoms with E-state index >= 15 is 0 Å². The van der Waals surface area contributed by atoms with E-state index in [1.165, 1.54) is 40.4 Å². The second-order valence-electron chi connectivity index (χ2n) is 6.94. The zero-order valence-electron chi connectivity index (χ0n) is 15.2. The van der Waals surface area contributed by atoms with Crippen LogP contribution in [0.1, 0.15) is 44.1 Å². The largest absolute Gasteiger partial charge is 0.389 e. The first-order valence-electron chi connectivity index (χ1n) is 9.55. The van der Waals surface area contributed by atoms with Crippen molar-refractivity contribution >= 4 is 16.7 Å². The quantitative estimate of drug-likeness (QED) is 0.489. The van der Waals surface area contributed by atoms with E-state index in [1.54, 1.807) is 0 Å². The Morgan fingerprint density at radius 3 is 2.58 bits per heavy atom. The lowest BCUT2D eigenvalue weighted by Gasteiger charge is -2.07. The summed E-state index contributed by atoms with van der Waals surface area (Å²) in [5, 5.41) is 9.94. The summed E-state index contributed by atoms with van der Waals surface area (Å²) in [4.78, 5) is 14.3. The van der Waals surface area contributed by atoms with Crippen molar-refractivity contribution in [3.05, 3.63) is 60.3 Å². The fourth-order valence-electron chi connectivity index (χ4n) is 3.39. The van der Waals surface area contributed by atoms with E-state index in [2.05, 4.69) is 53.5 Å². The summed E-state index contributed by atoms with van der Waals surface area (Å²) >= 11 is 0. The number of hydrogen-bond acceptors (Lipinski definition) is 2. The number of Topliss-reactive ketones (excluding diaryl/α,β-unsaturated/α-hetero) is 1. The summed E-state index contributed by atoms with van der Waals surface area (Å²) in [6.45, 7) is -0.312. The summed E-state index contributed by atoms with van der Waals surface area (Å²) in [5.74, 6) is -0.0423. The molecule has 26 heavy (non-hydrogen) atoms. The first-order chi connectivity index (χ1) is 12.8. The van der Waals surface area contributed by atoms with Crippen LogP contribution < -0.4 is 0 Å². The van der Waals surface area contributed by atoms with Gasteiger partial charge in [0, 0.05) is 18.1 Å². The molecule has 0 spiro atoms. The fraction of sp³-hybridized carbons (Fsp3) is 0.348. The standard InChI is InChI=1S/C23H27NO2/c25-17-22(26)10-5-3-1-2-4-7-18-8-6-9-20(15-18)21-12-11-19-13-14-24-23(19)16-21/h6,8-9,11-16,24-25H,1-5,7,10,17H2. The monoisotopic (exact) mass is 349 g/mol. The highest BCUT2D eigenvalue weighted by molar-refractivity contribution is 5.84. The van der Waals surface area contributed by atoms with Crippen LogP contribution in [0.4, 0.5) is 0 Å². The molecule has 0 atom stereocenters. The Morgan fingerprint density at radius 2 is 1.69 bits per heavy atom. The van der Waals surface area contributed by atoms with E-state index in [0.29, 0.717) is 6.42 Å². The lowest BCUT2D eigenvalue weighted by molar-refractivity contribution is -0.121. The van der Waals surface area contributed by atoms with Crippen LogP contribution in [0.2, 0.25) is 0 Å². The van der Waals surface area contributed by atoms with E-state index in [4.69, 9.17) is 5.11 Å². The molecule has 0 aliphatic rings. The van der Waals surface area contributed by atoms with Crippen molar-refractivity contribution in [2.24, 2.45) is 0 Å². The number of rotatable bonds is 10. The highest BCUT2D eigenvalue weighted by Gasteiger charge is 2.03. The van der Waals surface area contributed by atoms with Crippen LogP contribution in [-0.4, -0.2) is 22.5 Å². The van der Waals surface area contributed by atoms with Crippen LogP contribution in [0, 0.1) is 0 Å². The normalized spacial score (nSPS) is 11.1. The molecule has 1 aromatic heterocycles. The number of ketones is 1. The van der Waals surface area contributed by atoms with Crippen molar-refractivity contribution in [1.82, 2.24) is 4.98 Å². The minimum Gasteiger partial charge on any atom is -0.389 e. The average Bonchev–Trinajstić information content (AvgIpc) is 3.15. The lowest BCUT2D eigenvalue weighted by atomic mass is 9.99. The van der Waals surface area contributed by atoms with Crippen LogP contribution in [0.3, 0.4) is 0 Å².